The summed E-state index contributed by atoms with van der Waals surface area (Å²) >= 11 is 1.79. The van der Waals surface area contributed by atoms with Crippen molar-refractivity contribution in [1.29, 1.82) is 0 Å². The first kappa shape index (κ1) is 21.2. The zero-order chi connectivity index (χ0) is 18.8. The molecule has 0 bridgehead atoms. The second-order valence-electron chi connectivity index (χ2n) is 7.32. The third-order valence-electron chi connectivity index (χ3n) is 5.49. The molecule has 1 aromatic heterocycles. The van der Waals surface area contributed by atoms with Gasteiger partial charge in [-0.25, -0.2) is 4.98 Å². The van der Waals surface area contributed by atoms with Crippen molar-refractivity contribution in [2.24, 2.45) is 16.8 Å². The molecule has 0 aliphatic carbocycles. The van der Waals surface area contributed by atoms with Crippen molar-refractivity contribution < 1.29 is 0 Å². The van der Waals surface area contributed by atoms with E-state index >= 15 is 0 Å². The smallest absolute Gasteiger partial charge is 0.190 e. The fraction of sp³-hybridized carbons (Fsp3) is 0.800. The highest BCUT2D eigenvalue weighted by Crippen LogP contribution is 2.19. The highest BCUT2D eigenvalue weighted by Gasteiger charge is 2.20. The summed E-state index contributed by atoms with van der Waals surface area (Å²) in [5, 5.41) is 10.5. The zero-order valence-electron chi connectivity index (χ0n) is 17.1. The molecule has 0 atom stereocenters. The Bertz CT molecular complexity index is 530. The Hall–Kier alpha value is -1.14. The van der Waals surface area contributed by atoms with E-state index < -0.39 is 0 Å². The summed E-state index contributed by atoms with van der Waals surface area (Å²) in [7, 11) is 1.86. The van der Waals surface area contributed by atoms with E-state index in [1.54, 1.807) is 11.3 Å². The molecule has 2 rings (SSSR count). The number of hydrogen-bond acceptors (Lipinski definition) is 4. The standard InChI is InChI=1S/C20H37N5S/c1-5-16(6-2)12-22-20(21-4)23-13-17-8-10-25(11-9-17)14-18-15-26-19(7-3)24-18/h15-17H,5-14H2,1-4H3,(H2,21,22,23). The topological polar surface area (TPSA) is 52.6 Å². The Morgan fingerprint density at radius 2 is 2.00 bits per heavy atom. The first-order valence-electron chi connectivity index (χ1n) is 10.3. The lowest BCUT2D eigenvalue weighted by Gasteiger charge is -2.31. The molecule has 2 heterocycles. The van der Waals surface area contributed by atoms with Gasteiger partial charge in [-0.05, 0) is 44.2 Å². The quantitative estimate of drug-likeness (QED) is 0.509. The van der Waals surface area contributed by atoms with Crippen LogP contribution in [0.15, 0.2) is 10.4 Å². The molecule has 1 aromatic rings. The highest BCUT2D eigenvalue weighted by molar-refractivity contribution is 7.09. The molecule has 0 unspecified atom stereocenters. The van der Waals surface area contributed by atoms with E-state index in [-0.39, 0.29) is 0 Å². The van der Waals surface area contributed by atoms with Gasteiger partial charge in [-0.15, -0.1) is 11.3 Å². The molecule has 0 saturated carbocycles. The van der Waals surface area contributed by atoms with Gasteiger partial charge in [-0.3, -0.25) is 9.89 Å². The van der Waals surface area contributed by atoms with E-state index in [9.17, 15) is 0 Å². The van der Waals surface area contributed by atoms with Crippen LogP contribution in [0.1, 0.15) is 57.2 Å². The maximum atomic E-state index is 4.70. The fourth-order valence-electron chi connectivity index (χ4n) is 3.44. The van der Waals surface area contributed by atoms with Crippen molar-refractivity contribution in [2.45, 2.75) is 59.4 Å². The molecule has 1 fully saturated rings. The van der Waals surface area contributed by atoms with Gasteiger partial charge in [0.2, 0.25) is 0 Å². The average Bonchev–Trinajstić information content (AvgIpc) is 3.13. The van der Waals surface area contributed by atoms with Crippen LogP contribution < -0.4 is 10.6 Å². The molecular weight excluding hydrogens is 342 g/mol. The number of guanidine groups is 1. The minimum absolute atomic E-state index is 0.732. The predicted molar refractivity (Wildman–Crippen MR) is 113 cm³/mol. The molecular formula is C20H37N5S. The van der Waals surface area contributed by atoms with Gasteiger partial charge in [-0.2, -0.15) is 0 Å². The van der Waals surface area contributed by atoms with Gasteiger partial charge in [0, 0.05) is 32.1 Å². The largest absolute Gasteiger partial charge is 0.356 e. The molecule has 1 aliphatic heterocycles. The second kappa shape index (κ2) is 11.5. The Balaban J connectivity index is 1.66. The lowest BCUT2D eigenvalue weighted by molar-refractivity contribution is 0.176. The molecule has 6 heteroatoms. The van der Waals surface area contributed by atoms with Crippen LogP contribution in [0, 0.1) is 11.8 Å². The maximum Gasteiger partial charge on any atom is 0.190 e. The normalized spacial score (nSPS) is 17.0. The van der Waals surface area contributed by atoms with Gasteiger partial charge in [0.05, 0.1) is 10.7 Å². The number of nitrogens with zero attached hydrogens (tertiary/aromatic N) is 3. The first-order chi connectivity index (χ1) is 12.7. The molecule has 1 saturated heterocycles. The summed E-state index contributed by atoms with van der Waals surface area (Å²) < 4.78 is 0. The van der Waals surface area contributed by atoms with E-state index in [1.165, 1.54) is 49.5 Å². The van der Waals surface area contributed by atoms with Crippen LogP contribution >= 0.6 is 11.3 Å². The number of likely N-dealkylation sites (tertiary alicyclic amines) is 1. The summed E-state index contributed by atoms with van der Waals surface area (Å²) in [6.45, 7) is 12.1. The molecule has 5 nitrogen and oxygen atoms in total. The fourth-order valence-corrected chi connectivity index (χ4v) is 4.18. The molecule has 0 amide bonds. The summed E-state index contributed by atoms with van der Waals surface area (Å²) in [6, 6.07) is 0. The maximum absolute atomic E-state index is 4.70. The lowest BCUT2D eigenvalue weighted by atomic mass is 9.97. The average molecular weight is 380 g/mol. The third kappa shape index (κ3) is 6.88. The zero-order valence-corrected chi connectivity index (χ0v) is 17.9. The van der Waals surface area contributed by atoms with Gasteiger partial charge in [0.1, 0.15) is 0 Å². The third-order valence-corrected chi connectivity index (χ3v) is 6.53. The molecule has 1 aliphatic rings. The second-order valence-corrected chi connectivity index (χ2v) is 8.26. The van der Waals surface area contributed by atoms with E-state index in [0.717, 1.165) is 43.9 Å². The van der Waals surface area contributed by atoms with Crippen molar-refractivity contribution in [2.75, 3.05) is 33.2 Å². The van der Waals surface area contributed by atoms with Crippen LogP contribution in [-0.4, -0.2) is 49.1 Å². The molecule has 0 radical (unpaired) electrons. The number of aliphatic imine (C=N–C) groups is 1. The monoisotopic (exact) mass is 379 g/mol. The summed E-state index contributed by atoms with van der Waals surface area (Å²) in [5.74, 6) is 2.42. The van der Waals surface area contributed by atoms with E-state index in [2.05, 4.69) is 46.7 Å². The number of thiazole rings is 1. The van der Waals surface area contributed by atoms with Crippen LogP contribution in [-0.2, 0) is 13.0 Å². The van der Waals surface area contributed by atoms with Crippen molar-refractivity contribution in [3.63, 3.8) is 0 Å². The van der Waals surface area contributed by atoms with Crippen LogP contribution in [0.5, 0.6) is 0 Å². The Labute approximate surface area is 163 Å². The van der Waals surface area contributed by atoms with Crippen LogP contribution in [0.25, 0.3) is 0 Å². The predicted octanol–water partition coefficient (Wildman–Crippen LogP) is 3.52. The van der Waals surface area contributed by atoms with Gasteiger partial charge >= 0.3 is 0 Å². The van der Waals surface area contributed by atoms with Gasteiger partial charge in [0.15, 0.2) is 5.96 Å². The van der Waals surface area contributed by atoms with E-state index in [1.807, 2.05) is 7.05 Å². The van der Waals surface area contributed by atoms with Crippen LogP contribution in [0.2, 0.25) is 0 Å². The van der Waals surface area contributed by atoms with Crippen LogP contribution in [0.3, 0.4) is 0 Å². The van der Waals surface area contributed by atoms with Crippen molar-refractivity contribution in [1.82, 2.24) is 20.5 Å². The molecule has 148 valence electrons. The summed E-state index contributed by atoms with van der Waals surface area (Å²) in [4.78, 5) is 11.6. The SMILES string of the molecule is CCc1nc(CN2CCC(CNC(=NC)NCC(CC)CC)CC2)cs1. The first-order valence-corrected chi connectivity index (χ1v) is 11.2. The highest BCUT2D eigenvalue weighted by atomic mass is 32.1. The van der Waals surface area contributed by atoms with Crippen molar-refractivity contribution >= 4 is 17.3 Å². The molecule has 26 heavy (non-hydrogen) atoms. The number of piperidine rings is 1. The Kier molecular flexibility index (Phi) is 9.40. The number of hydrogen-bond donors (Lipinski definition) is 2. The van der Waals surface area contributed by atoms with Gasteiger partial charge in [0.25, 0.3) is 0 Å². The van der Waals surface area contributed by atoms with E-state index in [4.69, 9.17) is 4.98 Å². The van der Waals surface area contributed by atoms with Gasteiger partial charge in [-0.1, -0.05) is 33.6 Å². The Morgan fingerprint density at radius 1 is 1.27 bits per heavy atom. The summed E-state index contributed by atoms with van der Waals surface area (Å²) in [6.07, 6.45) is 5.99. The number of nitrogens with one attached hydrogen (secondary N) is 2. The molecule has 0 aromatic carbocycles. The number of aryl methyl sites for hydroxylation is 1. The minimum atomic E-state index is 0.732. The minimum Gasteiger partial charge on any atom is -0.356 e. The van der Waals surface area contributed by atoms with Crippen molar-refractivity contribution in [3.8, 4) is 0 Å². The summed E-state index contributed by atoms with van der Waals surface area (Å²) in [5.41, 5.74) is 1.24. The molecule has 0 spiro atoms. The van der Waals surface area contributed by atoms with Gasteiger partial charge < -0.3 is 10.6 Å². The lowest BCUT2D eigenvalue weighted by Crippen LogP contribution is -2.43. The number of aromatic nitrogens is 1. The van der Waals surface area contributed by atoms with E-state index in [0.29, 0.717) is 0 Å². The van der Waals surface area contributed by atoms with Crippen molar-refractivity contribution in [3.05, 3.63) is 16.1 Å². The Morgan fingerprint density at radius 3 is 2.58 bits per heavy atom. The number of rotatable bonds is 9. The van der Waals surface area contributed by atoms with Crippen LogP contribution in [0.4, 0.5) is 0 Å². The molecule has 2 N–H and O–H groups in total.